The molecule has 2 rings (SSSR count). The Morgan fingerprint density at radius 3 is 3.10 bits per heavy atom. The minimum absolute atomic E-state index is 1.01. The van der Waals surface area contributed by atoms with Gasteiger partial charge in [-0.15, -0.1) is 0 Å². The summed E-state index contributed by atoms with van der Waals surface area (Å²) in [4.78, 5) is 0. The van der Waals surface area contributed by atoms with Gasteiger partial charge in [-0.3, -0.25) is 0 Å². The third kappa shape index (κ3) is 0.703. The van der Waals surface area contributed by atoms with Crippen LogP contribution in [0.1, 0.15) is 19.3 Å². The van der Waals surface area contributed by atoms with Gasteiger partial charge in [-0.05, 0) is 30.4 Å². The van der Waals surface area contributed by atoms with E-state index >= 15 is 0 Å². The highest BCUT2D eigenvalue weighted by molar-refractivity contribution is 5.46. The molecule has 0 fully saturated rings. The first-order valence-electron chi connectivity index (χ1n) is 3.72. The fourth-order valence-electron chi connectivity index (χ4n) is 1.59. The SMILES string of the molecule is NC1=CCCC2=C1CC=C2. The first-order chi connectivity index (χ1) is 4.88. The molecule has 10 heavy (non-hydrogen) atoms. The van der Waals surface area contributed by atoms with Crippen molar-refractivity contribution in [1.29, 1.82) is 0 Å². The lowest BCUT2D eigenvalue weighted by molar-refractivity contribution is 0.940. The topological polar surface area (TPSA) is 26.0 Å². The monoisotopic (exact) mass is 133 g/mol. The molecule has 0 spiro atoms. The fourth-order valence-corrected chi connectivity index (χ4v) is 1.59. The van der Waals surface area contributed by atoms with Crippen LogP contribution in [0.4, 0.5) is 0 Å². The Morgan fingerprint density at radius 1 is 1.40 bits per heavy atom. The number of hydrogen-bond acceptors (Lipinski definition) is 1. The Kier molecular flexibility index (Phi) is 1.16. The van der Waals surface area contributed by atoms with Gasteiger partial charge in [-0.1, -0.05) is 18.2 Å². The molecule has 0 aromatic heterocycles. The number of rotatable bonds is 0. The second-order valence-electron chi connectivity index (χ2n) is 2.81. The van der Waals surface area contributed by atoms with E-state index in [2.05, 4.69) is 18.2 Å². The zero-order chi connectivity index (χ0) is 6.97. The maximum absolute atomic E-state index is 5.78. The van der Waals surface area contributed by atoms with Crippen molar-refractivity contribution in [3.63, 3.8) is 0 Å². The number of allylic oxidation sites excluding steroid dienone is 5. The number of hydrogen-bond donors (Lipinski definition) is 1. The Hall–Kier alpha value is -0.980. The average Bonchev–Trinajstić information content (AvgIpc) is 2.36. The molecule has 52 valence electrons. The summed E-state index contributed by atoms with van der Waals surface area (Å²) in [6, 6.07) is 0. The summed E-state index contributed by atoms with van der Waals surface area (Å²) in [6.07, 6.45) is 9.89. The van der Waals surface area contributed by atoms with Crippen molar-refractivity contribution in [2.75, 3.05) is 0 Å². The van der Waals surface area contributed by atoms with Crippen LogP contribution in [-0.2, 0) is 0 Å². The van der Waals surface area contributed by atoms with Crippen molar-refractivity contribution in [2.24, 2.45) is 5.73 Å². The van der Waals surface area contributed by atoms with Gasteiger partial charge in [0.15, 0.2) is 0 Å². The molecule has 0 aliphatic heterocycles. The van der Waals surface area contributed by atoms with Crippen molar-refractivity contribution >= 4 is 0 Å². The lowest BCUT2D eigenvalue weighted by Crippen LogP contribution is -2.04. The largest absolute Gasteiger partial charge is 0.399 e. The van der Waals surface area contributed by atoms with Crippen LogP contribution in [0.3, 0.4) is 0 Å². The van der Waals surface area contributed by atoms with E-state index in [1.807, 2.05) is 0 Å². The van der Waals surface area contributed by atoms with E-state index in [0.717, 1.165) is 18.5 Å². The Morgan fingerprint density at radius 2 is 2.30 bits per heavy atom. The second-order valence-corrected chi connectivity index (χ2v) is 2.81. The van der Waals surface area contributed by atoms with Crippen molar-refractivity contribution in [1.82, 2.24) is 0 Å². The van der Waals surface area contributed by atoms with Gasteiger partial charge in [-0.2, -0.15) is 0 Å². The van der Waals surface area contributed by atoms with E-state index in [4.69, 9.17) is 5.73 Å². The molecule has 0 unspecified atom stereocenters. The van der Waals surface area contributed by atoms with Gasteiger partial charge in [0, 0.05) is 5.70 Å². The van der Waals surface area contributed by atoms with Gasteiger partial charge in [-0.25, -0.2) is 0 Å². The molecular weight excluding hydrogens is 122 g/mol. The predicted octanol–water partition coefficient (Wildman–Crippen LogP) is 1.88. The van der Waals surface area contributed by atoms with Crippen LogP contribution in [0.5, 0.6) is 0 Å². The second kappa shape index (κ2) is 2.01. The van der Waals surface area contributed by atoms with E-state index < -0.39 is 0 Å². The predicted molar refractivity (Wildman–Crippen MR) is 42.3 cm³/mol. The van der Waals surface area contributed by atoms with Crippen LogP contribution in [0, 0.1) is 0 Å². The Balaban J connectivity index is 2.39. The first-order valence-corrected chi connectivity index (χ1v) is 3.72. The Labute approximate surface area is 60.9 Å². The maximum atomic E-state index is 5.78. The first kappa shape index (κ1) is 5.78. The van der Waals surface area contributed by atoms with Crippen molar-refractivity contribution in [3.05, 3.63) is 35.1 Å². The van der Waals surface area contributed by atoms with Crippen molar-refractivity contribution in [2.45, 2.75) is 19.3 Å². The molecule has 0 aromatic carbocycles. The molecular formula is C9H11N. The lowest BCUT2D eigenvalue weighted by Gasteiger charge is -2.11. The molecule has 0 atom stereocenters. The molecule has 0 saturated carbocycles. The third-order valence-electron chi connectivity index (χ3n) is 2.16. The van der Waals surface area contributed by atoms with E-state index in [1.54, 1.807) is 0 Å². The molecule has 1 nitrogen and oxygen atoms in total. The molecule has 0 radical (unpaired) electrons. The Bertz CT molecular complexity index is 243. The lowest BCUT2D eigenvalue weighted by atomic mass is 9.97. The third-order valence-corrected chi connectivity index (χ3v) is 2.16. The van der Waals surface area contributed by atoms with Gasteiger partial charge >= 0.3 is 0 Å². The van der Waals surface area contributed by atoms with Crippen molar-refractivity contribution in [3.8, 4) is 0 Å². The van der Waals surface area contributed by atoms with Gasteiger partial charge in [0.1, 0.15) is 0 Å². The molecule has 0 saturated heterocycles. The summed E-state index contributed by atoms with van der Waals surface area (Å²) >= 11 is 0. The van der Waals surface area contributed by atoms with Crippen LogP contribution in [-0.4, -0.2) is 0 Å². The highest BCUT2D eigenvalue weighted by Crippen LogP contribution is 2.30. The minimum atomic E-state index is 1.01. The summed E-state index contributed by atoms with van der Waals surface area (Å²) in [5.74, 6) is 0. The summed E-state index contributed by atoms with van der Waals surface area (Å²) in [7, 11) is 0. The summed E-state index contributed by atoms with van der Waals surface area (Å²) in [6.45, 7) is 0. The van der Waals surface area contributed by atoms with Gasteiger partial charge in [0.05, 0.1) is 0 Å². The molecule has 0 aromatic rings. The normalized spacial score (nSPS) is 23.0. The van der Waals surface area contributed by atoms with Gasteiger partial charge in [0.2, 0.25) is 0 Å². The van der Waals surface area contributed by atoms with Crippen LogP contribution in [0.15, 0.2) is 35.1 Å². The van der Waals surface area contributed by atoms with Crippen molar-refractivity contribution < 1.29 is 0 Å². The average molecular weight is 133 g/mol. The smallest absolute Gasteiger partial charge is 0.0312 e. The summed E-state index contributed by atoms with van der Waals surface area (Å²) in [5, 5.41) is 0. The molecule has 2 aliphatic carbocycles. The highest BCUT2D eigenvalue weighted by atomic mass is 14.6. The molecule has 2 aliphatic rings. The zero-order valence-corrected chi connectivity index (χ0v) is 5.93. The molecule has 2 N–H and O–H groups in total. The number of nitrogens with two attached hydrogens (primary N) is 1. The van der Waals surface area contributed by atoms with Crippen LogP contribution < -0.4 is 5.73 Å². The maximum Gasteiger partial charge on any atom is 0.0312 e. The standard InChI is InChI=1S/C9H11N/c10-9-6-2-4-7-3-1-5-8(7)9/h1,3,6H,2,4-5,10H2. The van der Waals surface area contributed by atoms with Gasteiger partial charge < -0.3 is 5.73 Å². The van der Waals surface area contributed by atoms with E-state index in [1.165, 1.54) is 17.6 Å². The molecule has 1 heteroatoms. The summed E-state index contributed by atoms with van der Waals surface area (Å²) < 4.78 is 0. The fraction of sp³-hybridized carbons (Fsp3) is 0.333. The van der Waals surface area contributed by atoms with E-state index in [-0.39, 0.29) is 0 Å². The van der Waals surface area contributed by atoms with E-state index in [0.29, 0.717) is 0 Å². The minimum Gasteiger partial charge on any atom is -0.399 e. The van der Waals surface area contributed by atoms with Gasteiger partial charge in [0.25, 0.3) is 0 Å². The van der Waals surface area contributed by atoms with E-state index in [9.17, 15) is 0 Å². The van der Waals surface area contributed by atoms with Crippen LogP contribution in [0.25, 0.3) is 0 Å². The quantitative estimate of drug-likeness (QED) is 0.536. The molecule has 0 heterocycles. The zero-order valence-electron chi connectivity index (χ0n) is 5.93. The summed E-state index contributed by atoms with van der Waals surface area (Å²) in [5.41, 5.74) is 9.61. The van der Waals surface area contributed by atoms with Crippen LogP contribution in [0.2, 0.25) is 0 Å². The highest BCUT2D eigenvalue weighted by Gasteiger charge is 2.13. The molecule has 0 amide bonds. The molecule has 0 bridgehead atoms. The van der Waals surface area contributed by atoms with Crippen LogP contribution >= 0.6 is 0 Å².